The summed E-state index contributed by atoms with van der Waals surface area (Å²) < 4.78 is 5.99. The van der Waals surface area contributed by atoms with Crippen molar-refractivity contribution >= 4 is 0 Å². The standard InChI is InChI=1S/C18H28O2/c1-2-3-4-5-6-7-8-11-15-14-17(19)16-12-9-10-13-18(16)20-15/h9-10,12-13,15,17,19H,2-8,11,14H2,1H3. The van der Waals surface area contributed by atoms with Crippen LogP contribution in [0.5, 0.6) is 5.75 Å². The van der Waals surface area contributed by atoms with Crippen LogP contribution in [0.25, 0.3) is 0 Å². The van der Waals surface area contributed by atoms with Crippen molar-refractivity contribution in [3.8, 4) is 5.75 Å². The normalized spacial score (nSPS) is 21.3. The molecule has 0 spiro atoms. The number of benzene rings is 1. The van der Waals surface area contributed by atoms with E-state index in [0.717, 1.165) is 24.2 Å². The van der Waals surface area contributed by atoms with Gasteiger partial charge in [0.25, 0.3) is 0 Å². The molecule has 1 aliphatic rings. The summed E-state index contributed by atoms with van der Waals surface area (Å²) in [5.74, 6) is 0.874. The Balaban J connectivity index is 1.66. The fourth-order valence-corrected chi connectivity index (χ4v) is 2.97. The van der Waals surface area contributed by atoms with Gasteiger partial charge < -0.3 is 9.84 Å². The zero-order chi connectivity index (χ0) is 14.2. The first-order chi connectivity index (χ1) is 9.81. The predicted octanol–water partition coefficient (Wildman–Crippen LogP) is 5.01. The van der Waals surface area contributed by atoms with Crippen molar-refractivity contribution in [2.24, 2.45) is 0 Å². The lowest BCUT2D eigenvalue weighted by Crippen LogP contribution is -2.25. The number of hydrogen-bond donors (Lipinski definition) is 1. The number of ether oxygens (including phenoxy) is 1. The molecule has 0 fully saturated rings. The van der Waals surface area contributed by atoms with Gasteiger partial charge in [0.05, 0.1) is 6.10 Å². The first-order valence-corrected chi connectivity index (χ1v) is 8.25. The molecule has 20 heavy (non-hydrogen) atoms. The van der Waals surface area contributed by atoms with Crippen LogP contribution in [0.3, 0.4) is 0 Å². The number of unbranched alkanes of at least 4 members (excludes halogenated alkanes) is 6. The van der Waals surface area contributed by atoms with E-state index in [9.17, 15) is 5.11 Å². The van der Waals surface area contributed by atoms with Gasteiger partial charge in [-0.1, -0.05) is 63.6 Å². The lowest BCUT2D eigenvalue weighted by atomic mass is 9.96. The summed E-state index contributed by atoms with van der Waals surface area (Å²) in [7, 11) is 0. The zero-order valence-electron chi connectivity index (χ0n) is 12.7. The summed E-state index contributed by atoms with van der Waals surface area (Å²) in [6, 6.07) is 7.86. The summed E-state index contributed by atoms with van der Waals surface area (Å²) in [6.45, 7) is 2.25. The van der Waals surface area contributed by atoms with Gasteiger partial charge in [-0.25, -0.2) is 0 Å². The lowest BCUT2D eigenvalue weighted by Gasteiger charge is -2.29. The molecule has 112 valence electrons. The van der Waals surface area contributed by atoms with Gasteiger partial charge in [-0.2, -0.15) is 0 Å². The Labute approximate surface area is 123 Å². The van der Waals surface area contributed by atoms with E-state index in [-0.39, 0.29) is 12.2 Å². The Kier molecular flexibility index (Phi) is 6.38. The molecule has 1 aromatic rings. The monoisotopic (exact) mass is 276 g/mol. The third kappa shape index (κ3) is 4.52. The van der Waals surface area contributed by atoms with Gasteiger partial charge in [-0.15, -0.1) is 0 Å². The predicted molar refractivity (Wildman–Crippen MR) is 83.0 cm³/mol. The molecule has 2 unspecified atom stereocenters. The molecule has 2 nitrogen and oxygen atoms in total. The number of rotatable bonds is 8. The van der Waals surface area contributed by atoms with Crippen LogP contribution in [-0.2, 0) is 0 Å². The Morgan fingerprint density at radius 3 is 2.55 bits per heavy atom. The SMILES string of the molecule is CCCCCCCCCC1CC(O)c2ccccc2O1. The molecule has 1 aromatic carbocycles. The van der Waals surface area contributed by atoms with Crippen LogP contribution in [-0.4, -0.2) is 11.2 Å². The van der Waals surface area contributed by atoms with Gasteiger partial charge in [0, 0.05) is 12.0 Å². The van der Waals surface area contributed by atoms with E-state index in [1.54, 1.807) is 0 Å². The van der Waals surface area contributed by atoms with E-state index in [2.05, 4.69) is 6.92 Å². The molecule has 1 heterocycles. The molecule has 1 aliphatic heterocycles. The second-order valence-electron chi connectivity index (χ2n) is 5.94. The largest absolute Gasteiger partial charge is 0.490 e. The highest BCUT2D eigenvalue weighted by atomic mass is 16.5. The first kappa shape index (κ1) is 15.4. The highest BCUT2D eigenvalue weighted by Crippen LogP contribution is 2.35. The van der Waals surface area contributed by atoms with E-state index < -0.39 is 0 Å². The van der Waals surface area contributed by atoms with Gasteiger partial charge >= 0.3 is 0 Å². The van der Waals surface area contributed by atoms with E-state index >= 15 is 0 Å². The van der Waals surface area contributed by atoms with Crippen molar-refractivity contribution in [2.45, 2.75) is 76.9 Å². The van der Waals surface area contributed by atoms with Crippen LogP contribution < -0.4 is 4.74 Å². The van der Waals surface area contributed by atoms with Crippen molar-refractivity contribution in [2.75, 3.05) is 0 Å². The van der Waals surface area contributed by atoms with Crippen LogP contribution in [0.15, 0.2) is 24.3 Å². The van der Waals surface area contributed by atoms with Crippen molar-refractivity contribution < 1.29 is 9.84 Å². The molecule has 0 aliphatic carbocycles. The van der Waals surface area contributed by atoms with Gasteiger partial charge in [-0.3, -0.25) is 0 Å². The summed E-state index contributed by atoms with van der Waals surface area (Å²) >= 11 is 0. The van der Waals surface area contributed by atoms with Crippen molar-refractivity contribution in [1.29, 1.82) is 0 Å². The molecular formula is C18H28O2. The summed E-state index contributed by atoms with van der Waals surface area (Å²) in [5.41, 5.74) is 0.948. The first-order valence-electron chi connectivity index (χ1n) is 8.25. The fraction of sp³-hybridized carbons (Fsp3) is 0.667. The smallest absolute Gasteiger partial charge is 0.125 e. The Morgan fingerprint density at radius 2 is 1.75 bits per heavy atom. The maximum Gasteiger partial charge on any atom is 0.125 e. The van der Waals surface area contributed by atoms with Crippen LogP contribution in [0, 0.1) is 0 Å². The molecule has 2 rings (SSSR count). The van der Waals surface area contributed by atoms with Crippen molar-refractivity contribution in [3.63, 3.8) is 0 Å². The van der Waals surface area contributed by atoms with Crippen molar-refractivity contribution in [3.05, 3.63) is 29.8 Å². The van der Waals surface area contributed by atoms with E-state index in [4.69, 9.17) is 4.74 Å². The third-order valence-corrected chi connectivity index (χ3v) is 4.19. The van der Waals surface area contributed by atoms with Crippen LogP contribution in [0.4, 0.5) is 0 Å². The number of aliphatic hydroxyl groups is 1. The minimum absolute atomic E-state index is 0.190. The Morgan fingerprint density at radius 1 is 1.05 bits per heavy atom. The maximum atomic E-state index is 10.2. The number of fused-ring (bicyclic) bond motifs is 1. The molecule has 2 atom stereocenters. The van der Waals surface area contributed by atoms with Crippen LogP contribution in [0.1, 0.15) is 76.4 Å². The second kappa shape index (κ2) is 8.31. The maximum absolute atomic E-state index is 10.2. The minimum atomic E-state index is -0.352. The molecule has 0 saturated carbocycles. The Bertz CT molecular complexity index is 389. The number of aliphatic hydroxyl groups excluding tert-OH is 1. The summed E-state index contributed by atoms with van der Waals surface area (Å²) in [5, 5.41) is 10.2. The highest BCUT2D eigenvalue weighted by Gasteiger charge is 2.25. The molecule has 0 saturated heterocycles. The molecule has 0 bridgehead atoms. The Hall–Kier alpha value is -1.02. The van der Waals surface area contributed by atoms with Gasteiger partial charge in [0.15, 0.2) is 0 Å². The lowest BCUT2D eigenvalue weighted by molar-refractivity contribution is 0.0605. The summed E-state index contributed by atoms with van der Waals surface area (Å²) in [6.07, 6.45) is 10.9. The molecule has 0 aromatic heterocycles. The average Bonchev–Trinajstić information content (AvgIpc) is 2.46. The molecular weight excluding hydrogens is 248 g/mol. The molecule has 0 amide bonds. The number of hydrogen-bond acceptors (Lipinski definition) is 2. The molecule has 2 heteroatoms. The van der Waals surface area contributed by atoms with Gasteiger partial charge in [0.2, 0.25) is 0 Å². The van der Waals surface area contributed by atoms with Crippen molar-refractivity contribution in [1.82, 2.24) is 0 Å². The van der Waals surface area contributed by atoms with Gasteiger partial charge in [0.1, 0.15) is 11.9 Å². The summed E-state index contributed by atoms with van der Waals surface area (Å²) in [4.78, 5) is 0. The zero-order valence-corrected chi connectivity index (χ0v) is 12.7. The van der Waals surface area contributed by atoms with Crippen LogP contribution >= 0.6 is 0 Å². The quantitative estimate of drug-likeness (QED) is 0.676. The second-order valence-corrected chi connectivity index (χ2v) is 5.94. The average molecular weight is 276 g/mol. The van der Waals surface area contributed by atoms with E-state index in [0.29, 0.717) is 0 Å². The minimum Gasteiger partial charge on any atom is -0.490 e. The van der Waals surface area contributed by atoms with E-state index in [1.807, 2.05) is 24.3 Å². The van der Waals surface area contributed by atoms with Crippen LogP contribution in [0.2, 0.25) is 0 Å². The topological polar surface area (TPSA) is 29.5 Å². The highest BCUT2D eigenvalue weighted by molar-refractivity contribution is 5.36. The third-order valence-electron chi connectivity index (χ3n) is 4.19. The fourth-order valence-electron chi connectivity index (χ4n) is 2.97. The number of para-hydroxylation sites is 1. The van der Waals surface area contributed by atoms with E-state index in [1.165, 1.54) is 44.9 Å². The van der Waals surface area contributed by atoms with Gasteiger partial charge in [-0.05, 0) is 18.9 Å². The molecule has 1 N–H and O–H groups in total. The molecule has 0 radical (unpaired) electrons.